The Labute approximate surface area is 112 Å². The number of aromatic nitrogens is 5. The zero-order chi connectivity index (χ0) is 13.5. The molecule has 1 N–H and O–H groups in total. The van der Waals surface area contributed by atoms with E-state index in [0.717, 1.165) is 18.7 Å². The Morgan fingerprint density at radius 3 is 3.05 bits per heavy atom. The Kier molecular flexibility index (Phi) is 4.66. The van der Waals surface area contributed by atoms with Crippen LogP contribution in [-0.2, 0) is 13.5 Å². The predicted molar refractivity (Wildman–Crippen MR) is 71.0 cm³/mol. The highest BCUT2D eigenvalue weighted by Crippen LogP contribution is 2.08. The average molecular weight is 262 g/mol. The van der Waals surface area contributed by atoms with Gasteiger partial charge in [0.05, 0.1) is 6.61 Å². The number of ether oxygens (including phenoxy) is 1. The van der Waals surface area contributed by atoms with Crippen LogP contribution in [0.4, 0.5) is 5.95 Å². The van der Waals surface area contributed by atoms with E-state index in [1.165, 1.54) is 0 Å². The number of nitrogens with zero attached hydrogens (tertiary/aromatic N) is 5. The topological polar surface area (TPSA) is 77.8 Å². The molecule has 7 nitrogen and oxygen atoms in total. The Hall–Kier alpha value is -2.18. The summed E-state index contributed by atoms with van der Waals surface area (Å²) in [6.07, 6.45) is 5.09. The maximum atomic E-state index is 5.45. The minimum absolute atomic E-state index is 0.566. The van der Waals surface area contributed by atoms with Gasteiger partial charge < -0.3 is 14.6 Å². The van der Waals surface area contributed by atoms with Crippen LogP contribution in [0, 0.1) is 0 Å². The Morgan fingerprint density at radius 1 is 1.42 bits per heavy atom. The second-order valence-corrected chi connectivity index (χ2v) is 4.10. The van der Waals surface area contributed by atoms with E-state index in [-0.39, 0.29) is 0 Å². The second kappa shape index (κ2) is 6.67. The average Bonchev–Trinajstić information content (AvgIpc) is 2.83. The summed E-state index contributed by atoms with van der Waals surface area (Å²) in [5.74, 6) is 2.08. The minimum Gasteiger partial charge on any atom is -0.478 e. The van der Waals surface area contributed by atoms with Gasteiger partial charge in [-0.25, -0.2) is 4.98 Å². The van der Waals surface area contributed by atoms with E-state index in [0.29, 0.717) is 25.0 Å². The van der Waals surface area contributed by atoms with Crippen LogP contribution in [0.25, 0.3) is 0 Å². The molecule has 0 atom stereocenters. The first kappa shape index (κ1) is 13.3. The molecule has 0 amide bonds. The molecule has 0 unspecified atom stereocenters. The normalized spacial score (nSPS) is 10.4. The van der Waals surface area contributed by atoms with Crippen molar-refractivity contribution in [2.75, 3.05) is 18.5 Å². The van der Waals surface area contributed by atoms with Gasteiger partial charge in [-0.05, 0) is 6.42 Å². The van der Waals surface area contributed by atoms with Crippen LogP contribution in [0.15, 0.2) is 18.6 Å². The van der Waals surface area contributed by atoms with Gasteiger partial charge in [-0.2, -0.15) is 4.98 Å². The van der Waals surface area contributed by atoms with Crippen LogP contribution in [0.2, 0.25) is 0 Å². The van der Waals surface area contributed by atoms with Crippen LogP contribution < -0.4 is 10.1 Å². The molecular weight excluding hydrogens is 244 g/mol. The van der Waals surface area contributed by atoms with Crippen LogP contribution in [0.1, 0.15) is 19.2 Å². The first-order chi connectivity index (χ1) is 9.29. The molecule has 0 aromatic carbocycles. The summed E-state index contributed by atoms with van der Waals surface area (Å²) in [6.45, 7) is 3.42. The molecular formula is C12H18N6O. The molecule has 2 aromatic rings. The maximum absolute atomic E-state index is 5.45. The quantitative estimate of drug-likeness (QED) is 0.803. The standard InChI is InChI=1S/C12H18N6O/c1-3-8-19-11-5-7-14-12(16-11)13-6-4-10-17-15-9-18(10)2/h5,7,9H,3-4,6,8H2,1-2H3,(H,13,14,16). The minimum atomic E-state index is 0.566. The molecule has 102 valence electrons. The van der Waals surface area contributed by atoms with E-state index in [9.17, 15) is 0 Å². The SMILES string of the molecule is CCCOc1ccnc(NCCc2nncn2C)n1. The molecule has 19 heavy (non-hydrogen) atoms. The first-order valence-electron chi connectivity index (χ1n) is 6.32. The summed E-state index contributed by atoms with van der Waals surface area (Å²) in [7, 11) is 1.92. The van der Waals surface area contributed by atoms with E-state index >= 15 is 0 Å². The van der Waals surface area contributed by atoms with Gasteiger partial charge in [-0.15, -0.1) is 10.2 Å². The smallest absolute Gasteiger partial charge is 0.225 e. The van der Waals surface area contributed by atoms with Crippen molar-refractivity contribution in [3.63, 3.8) is 0 Å². The van der Waals surface area contributed by atoms with Crippen LogP contribution in [-0.4, -0.2) is 37.9 Å². The molecule has 2 rings (SSSR count). The highest BCUT2D eigenvalue weighted by atomic mass is 16.5. The van der Waals surface area contributed by atoms with E-state index in [2.05, 4.69) is 32.4 Å². The molecule has 0 radical (unpaired) electrons. The van der Waals surface area contributed by atoms with Crippen molar-refractivity contribution in [2.24, 2.45) is 7.05 Å². The highest BCUT2D eigenvalue weighted by molar-refractivity contribution is 5.27. The third-order valence-electron chi connectivity index (χ3n) is 2.52. The number of rotatable bonds is 7. The molecule has 0 aliphatic carbocycles. The zero-order valence-corrected chi connectivity index (χ0v) is 11.2. The number of aryl methyl sites for hydroxylation is 1. The summed E-state index contributed by atoms with van der Waals surface area (Å²) in [4.78, 5) is 8.41. The number of hydrogen-bond acceptors (Lipinski definition) is 6. The predicted octanol–water partition coefficient (Wildman–Crippen LogP) is 1.05. The molecule has 0 bridgehead atoms. The van der Waals surface area contributed by atoms with Crippen LogP contribution in [0.5, 0.6) is 5.88 Å². The number of anilines is 1. The van der Waals surface area contributed by atoms with Gasteiger partial charge in [0.2, 0.25) is 11.8 Å². The summed E-state index contributed by atoms with van der Waals surface area (Å²) < 4.78 is 7.34. The van der Waals surface area contributed by atoms with Crippen molar-refractivity contribution in [3.05, 3.63) is 24.4 Å². The number of hydrogen-bond donors (Lipinski definition) is 1. The van der Waals surface area contributed by atoms with Crippen molar-refractivity contribution < 1.29 is 4.74 Å². The summed E-state index contributed by atoms with van der Waals surface area (Å²) >= 11 is 0. The van der Waals surface area contributed by atoms with Crippen molar-refractivity contribution >= 4 is 5.95 Å². The summed E-state index contributed by atoms with van der Waals surface area (Å²) in [6, 6.07) is 1.75. The van der Waals surface area contributed by atoms with Gasteiger partial charge in [-0.1, -0.05) is 6.92 Å². The summed E-state index contributed by atoms with van der Waals surface area (Å²) in [5.41, 5.74) is 0. The Balaban J connectivity index is 1.84. The lowest BCUT2D eigenvalue weighted by atomic mass is 10.4. The van der Waals surface area contributed by atoms with Crippen molar-refractivity contribution in [1.29, 1.82) is 0 Å². The third-order valence-corrected chi connectivity index (χ3v) is 2.52. The molecule has 0 spiro atoms. The van der Waals surface area contributed by atoms with E-state index in [1.54, 1.807) is 18.6 Å². The molecule has 0 aliphatic heterocycles. The fourth-order valence-electron chi connectivity index (χ4n) is 1.53. The largest absolute Gasteiger partial charge is 0.478 e. The Bertz CT molecular complexity index is 512. The molecule has 0 saturated carbocycles. The fraction of sp³-hybridized carbons (Fsp3) is 0.500. The Morgan fingerprint density at radius 2 is 2.32 bits per heavy atom. The molecule has 2 heterocycles. The van der Waals surface area contributed by atoms with E-state index in [4.69, 9.17) is 4.74 Å². The van der Waals surface area contributed by atoms with Gasteiger partial charge in [0.15, 0.2) is 0 Å². The monoisotopic (exact) mass is 262 g/mol. The van der Waals surface area contributed by atoms with E-state index < -0.39 is 0 Å². The molecule has 0 saturated heterocycles. The molecule has 0 fully saturated rings. The maximum Gasteiger partial charge on any atom is 0.225 e. The van der Waals surface area contributed by atoms with Crippen LogP contribution >= 0.6 is 0 Å². The van der Waals surface area contributed by atoms with Gasteiger partial charge in [0.1, 0.15) is 12.2 Å². The molecule has 0 aliphatic rings. The number of nitrogens with one attached hydrogen (secondary N) is 1. The zero-order valence-electron chi connectivity index (χ0n) is 11.2. The summed E-state index contributed by atoms with van der Waals surface area (Å²) in [5, 5.41) is 11.0. The highest BCUT2D eigenvalue weighted by Gasteiger charge is 2.02. The lowest BCUT2D eigenvalue weighted by molar-refractivity contribution is 0.305. The van der Waals surface area contributed by atoms with E-state index in [1.807, 2.05) is 11.6 Å². The van der Waals surface area contributed by atoms with Gasteiger partial charge in [-0.3, -0.25) is 0 Å². The van der Waals surface area contributed by atoms with Crippen molar-refractivity contribution in [1.82, 2.24) is 24.7 Å². The molecule has 2 aromatic heterocycles. The van der Waals surface area contributed by atoms with Crippen molar-refractivity contribution in [3.8, 4) is 5.88 Å². The van der Waals surface area contributed by atoms with Gasteiger partial charge in [0.25, 0.3) is 0 Å². The molecule has 7 heteroatoms. The van der Waals surface area contributed by atoms with Gasteiger partial charge >= 0.3 is 0 Å². The lowest BCUT2D eigenvalue weighted by Crippen LogP contribution is -2.11. The fourth-order valence-corrected chi connectivity index (χ4v) is 1.53. The first-order valence-corrected chi connectivity index (χ1v) is 6.32. The second-order valence-electron chi connectivity index (χ2n) is 4.10. The van der Waals surface area contributed by atoms with Crippen molar-refractivity contribution in [2.45, 2.75) is 19.8 Å². The third kappa shape index (κ3) is 3.90. The van der Waals surface area contributed by atoms with Gasteiger partial charge in [0, 0.05) is 32.3 Å². The lowest BCUT2D eigenvalue weighted by Gasteiger charge is -2.07. The van der Waals surface area contributed by atoms with Crippen LogP contribution in [0.3, 0.4) is 0 Å².